The second kappa shape index (κ2) is 11.4. The first-order valence-electron chi connectivity index (χ1n) is 15.9. The van der Waals surface area contributed by atoms with Gasteiger partial charge in [-0.1, -0.05) is 66.7 Å². The van der Waals surface area contributed by atoms with Gasteiger partial charge in [0.15, 0.2) is 0 Å². The molecule has 0 amide bonds. The average Bonchev–Trinajstić information content (AvgIpc) is 3.05. The molecule has 0 aliphatic heterocycles. The maximum absolute atomic E-state index is 6.47. The molecule has 0 saturated heterocycles. The molecule has 4 heteroatoms. The molecular formula is C42H36N4. The van der Waals surface area contributed by atoms with Gasteiger partial charge in [0, 0.05) is 27.8 Å². The van der Waals surface area contributed by atoms with Crippen molar-refractivity contribution in [3.8, 4) is 0 Å². The van der Waals surface area contributed by atoms with Gasteiger partial charge in [-0.05, 0) is 142 Å². The highest BCUT2D eigenvalue weighted by molar-refractivity contribution is 5.94. The molecule has 1 heterocycles. The second-order valence-corrected chi connectivity index (χ2v) is 12.8. The number of nitrogens with two attached hydrogens (primary N) is 3. The van der Waals surface area contributed by atoms with Crippen LogP contribution in [0.3, 0.4) is 0 Å². The first-order chi connectivity index (χ1) is 22.4. The largest absolute Gasteiger partial charge is 0.399 e. The van der Waals surface area contributed by atoms with Gasteiger partial charge in [0.05, 0.1) is 11.0 Å². The van der Waals surface area contributed by atoms with E-state index in [4.69, 9.17) is 22.2 Å². The van der Waals surface area contributed by atoms with Gasteiger partial charge in [-0.2, -0.15) is 0 Å². The van der Waals surface area contributed by atoms with E-state index in [2.05, 4.69) is 91.0 Å². The predicted octanol–water partition coefficient (Wildman–Crippen LogP) is 8.40. The number of pyridine rings is 1. The Morgan fingerprint density at radius 3 is 1.72 bits per heavy atom. The second-order valence-electron chi connectivity index (χ2n) is 12.8. The molecule has 6 N–H and O–H groups in total. The zero-order chi connectivity index (χ0) is 31.2. The van der Waals surface area contributed by atoms with Gasteiger partial charge >= 0.3 is 0 Å². The van der Waals surface area contributed by atoms with Crippen molar-refractivity contribution in [2.24, 2.45) is 0 Å². The van der Waals surface area contributed by atoms with E-state index in [1.54, 1.807) is 0 Å². The van der Waals surface area contributed by atoms with Crippen molar-refractivity contribution < 1.29 is 0 Å². The molecule has 224 valence electrons. The van der Waals surface area contributed by atoms with Gasteiger partial charge in [-0.3, -0.25) is 0 Å². The third-order valence-electron chi connectivity index (χ3n) is 9.40. The average molecular weight is 597 g/mol. The van der Waals surface area contributed by atoms with E-state index < -0.39 is 0 Å². The Bertz CT molecular complexity index is 2270. The van der Waals surface area contributed by atoms with Crippen LogP contribution in [0.1, 0.15) is 55.6 Å². The molecule has 0 unspecified atom stereocenters. The summed E-state index contributed by atoms with van der Waals surface area (Å²) in [7, 11) is 0. The minimum absolute atomic E-state index is 0.747. The molecule has 0 fully saturated rings. The van der Waals surface area contributed by atoms with E-state index in [1.807, 2.05) is 30.3 Å². The van der Waals surface area contributed by atoms with E-state index in [0.29, 0.717) is 0 Å². The van der Waals surface area contributed by atoms with Crippen LogP contribution in [0.4, 0.5) is 17.1 Å². The number of hydrogen-bond acceptors (Lipinski definition) is 4. The van der Waals surface area contributed by atoms with Crippen molar-refractivity contribution in [3.63, 3.8) is 0 Å². The lowest BCUT2D eigenvalue weighted by molar-refractivity contribution is 0.991. The molecule has 0 saturated carbocycles. The molecule has 1 aliphatic rings. The summed E-state index contributed by atoms with van der Waals surface area (Å²) in [4.78, 5) is 4.82. The summed E-state index contributed by atoms with van der Waals surface area (Å²) in [5, 5.41) is 2.16. The number of nitrogens with zero attached hydrogens (tertiary/aromatic N) is 1. The summed E-state index contributed by atoms with van der Waals surface area (Å²) in [6.45, 7) is 0. The van der Waals surface area contributed by atoms with Crippen LogP contribution in [0.5, 0.6) is 0 Å². The first kappa shape index (κ1) is 27.9. The maximum Gasteiger partial charge on any atom is 0.0711 e. The third kappa shape index (κ3) is 5.66. The lowest BCUT2D eigenvalue weighted by Gasteiger charge is -2.21. The summed E-state index contributed by atoms with van der Waals surface area (Å²) in [5.41, 5.74) is 36.1. The van der Waals surface area contributed by atoms with Gasteiger partial charge < -0.3 is 17.2 Å². The monoisotopic (exact) mass is 596 g/mol. The Morgan fingerprint density at radius 2 is 0.935 bits per heavy atom. The highest BCUT2D eigenvalue weighted by atomic mass is 14.7. The molecule has 0 radical (unpaired) electrons. The van der Waals surface area contributed by atoms with Gasteiger partial charge in [-0.15, -0.1) is 0 Å². The molecule has 1 aromatic heterocycles. The maximum atomic E-state index is 6.47. The Labute approximate surface area is 269 Å². The topological polar surface area (TPSA) is 91.0 Å². The zero-order valence-corrected chi connectivity index (χ0v) is 25.8. The van der Waals surface area contributed by atoms with Crippen molar-refractivity contribution in [1.82, 2.24) is 4.98 Å². The van der Waals surface area contributed by atoms with Crippen molar-refractivity contribution in [1.29, 1.82) is 0 Å². The Morgan fingerprint density at radius 1 is 0.413 bits per heavy atom. The summed E-state index contributed by atoms with van der Waals surface area (Å²) in [6, 6.07) is 43.3. The van der Waals surface area contributed by atoms with Crippen LogP contribution < -0.4 is 17.2 Å². The predicted molar refractivity (Wildman–Crippen MR) is 192 cm³/mol. The number of aromatic nitrogens is 1. The fraction of sp³-hybridized carbons (Fsp3) is 0.119. The molecule has 7 aromatic rings. The van der Waals surface area contributed by atoms with E-state index in [1.165, 1.54) is 50.1 Å². The SMILES string of the molecule is Nc1ccc2c(c1)Cc1cc(Cc3ccc(Cc4ccc(N)c(Cc5ccc6nc7ccc(N)cc7cc6c5)c4)cc3)ccc1C2. The number of nitrogen functional groups attached to an aromatic ring is 3. The van der Waals surface area contributed by atoms with Crippen molar-refractivity contribution in [3.05, 3.63) is 177 Å². The Kier molecular flexibility index (Phi) is 6.91. The quantitative estimate of drug-likeness (QED) is 0.133. The summed E-state index contributed by atoms with van der Waals surface area (Å²) >= 11 is 0. The number of anilines is 3. The molecule has 0 spiro atoms. The molecule has 6 aromatic carbocycles. The van der Waals surface area contributed by atoms with Crippen molar-refractivity contribution >= 4 is 38.9 Å². The molecule has 1 aliphatic carbocycles. The fourth-order valence-electron chi connectivity index (χ4n) is 6.93. The smallest absolute Gasteiger partial charge is 0.0711 e. The lowest BCUT2D eigenvalue weighted by atomic mass is 9.84. The van der Waals surface area contributed by atoms with Crippen LogP contribution >= 0.6 is 0 Å². The summed E-state index contributed by atoms with van der Waals surface area (Å²) < 4.78 is 0. The fourth-order valence-corrected chi connectivity index (χ4v) is 6.93. The molecular weight excluding hydrogens is 560 g/mol. The van der Waals surface area contributed by atoms with Crippen LogP contribution in [-0.4, -0.2) is 4.98 Å². The summed E-state index contributed by atoms with van der Waals surface area (Å²) in [6.07, 6.45) is 4.50. The molecule has 4 nitrogen and oxygen atoms in total. The lowest BCUT2D eigenvalue weighted by Crippen LogP contribution is -2.08. The standard InChI is InChI=1S/C42H36N4/c43-38-10-9-32-21-31-8-5-28(17-33(31)22-34(32)24-38)15-26-1-3-27(4-2-26)16-29-6-12-40(45)35(18-29)19-30-7-13-41-36(20-30)23-37-25-39(44)11-14-42(37)46-41/h1-14,17-18,20,23-25H,15-16,19,21-22,43-45H2. The number of hydrogen-bond donors (Lipinski definition) is 3. The van der Waals surface area contributed by atoms with E-state index in [0.717, 1.165) is 76.5 Å². The number of benzene rings is 6. The molecule has 0 bridgehead atoms. The van der Waals surface area contributed by atoms with E-state index in [-0.39, 0.29) is 0 Å². The minimum Gasteiger partial charge on any atom is -0.399 e. The zero-order valence-electron chi connectivity index (χ0n) is 25.8. The normalized spacial score (nSPS) is 12.3. The third-order valence-corrected chi connectivity index (χ3v) is 9.40. The summed E-state index contributed by atoms with van der Waals surface area (Å²) in [5.74, 6) is 0. The van der Waals surface area contributed by atoms with Gasteiger partial charge in [-0.25, -0.2) is 4.98 Å². The van der Waals surface area contributed by atoms with E-state index >= 15 is 0 Å². The molecule has 46 heavy (non-hydrogen) atoms. The van der Waals surface area contributed by atoms with E-state index in [9.17, 15) is 0 Å². The van der Waals surface area contributed by atoms with Crippen LogP contribution in [-0.2, 0) is 32.1 Å². The van der Waals surface area contributed by atoms with Crippen LogP contribution in [0.2, 0.25) is 0 Å². The highest BCUT2D eigenvalue weighted by Crippen LogP contribution is 2.30. The molecule has 8 rings (SSSR count). The van der Waals surface area contributed by atoms with Crippen molar-refractivity contribution in [2.45, 2.75) is 32.1 Å². The first-order valence-corrected chi connectivity index (χ1v) is 15.9. The van der Waals surface area contributed by atoms with Crippen LogP contribution in [0, 0.1) is 0 Å². The van der Waals surface area contributed by atoms with Crippen LogP contribution in [0.25, 0.3) is 21.8 Å². The van der Waals surface area contributed by atoms with Gasteiger partial charge in [0.2, 0.25) is 0 Å². The van der Waals surface area contributed by atoms with Crippen molar-refractivity contribution in [2.75, 3.05) is 17.2 Å². The number of fused-ring (bicyclic) bond motifs is 4. The Balaban J connectivity index is 0.956. The van der Waals surface area contributed by atoms with Gasteiger partial charge in [0.1, 0.15) is 0 Å². The molecule has 0 atom stereocenters. The number of rotatable bonds is 6. The Hall–Kier alpha value is -5.61. The highest BCUT2D eigenvalue weighted by Gasteiger charge is 2.16. The van der Waals surface area contributed by atoms with Gasteiger partial charge in [0.25, 0.3) is 0 Å². The minimum atomic E-state index is 0.747. The van der Waals surface area contributed by atoms with Crippen LogP contribution in [0.15, 0.2) is 121 Å².